The highest BCUT2D eigenvalue weighted by atomic mass is 16.5. The third-order valence-electron chi connectivity index (χ3n) is 5.04. The smallest absolute Gasteiger partial charge is 0.226 e. The van der Waals surface area contributed by atoms with Crippen molar-refractivity contribution < 1.29 is 18.7 Å². The summed E-state index contributed by atoms with van der Waals surface area (Å²) in [6.07, 6.45) is 2.77. The lowest BCUT2D eigenvalue weighted by Crippen LogP contribution is -2.50. The quantitative estimate of drug-likeness (QED) is 0.786. The van der Waals surface area contributed by atoms with E-state index in [4.69, 9.17) is 9.15 Å². The predicted octanol–water partition coefficient (Wildman–Crippen LogP) is 2.88. The lowest BCUT2D eigenvalue weighted by Gasteiger charge is -2.35. The maximum atomic E-state index is 12.9. The fourth-order valence-electron chi connectivity index (χ4n) is 3.57. The first kappa shape index (κ1) is 16.1. The molecule has 1 saturated carbocycles. The first-order valence-corrected chi connectivity index (χ1v) is 8.74. The number of Topliss-reactive ketones (excluding diaryl/α,β-unsaturated/α-hetero) is 1. The predicted molar refractivity (Wildman–Crippen MR) is 91.3 cm³/mol. The largest absolute Gasteiger partial charge is 0.469 e. The zero-order chi connectivity index (χ0) is 17.2. The first-order valence-electron chi connectivity index (χ1n) is 8.74. The van der Waals surface area contributed by atoms with Crippen LogP contribution in [0.25, 0.3) is 0 Å². The van der Waals surface area contributed by atoms with Crippen LogP contribution < -0.4 is 0 Å². The van der Waals surface area contributed by atoms with E-state index < -0.39 is 0 Å². The lowest BCUT2D eigenvalue weighted by atomic mass is 10.0. The van der Waals surface area contributed by atoms with Gasteiger partial charge >= 0.3 is 0 Å². The third kappa shape index (κ3) is 3.37. The summed E-state index contributed by atoms with van der Waals surface area (Å²) in [7, 11) is 0. The van der Waals surface area contributed by atoms with Gasteiger partial charge < -0.3 is 14.1 Å². The number of carbonyl (C=O) groups is 2. The molecule has 0 N–H and O–H groups in total. The van der Waals surface area contributed by atoms with E-state index in [2.05, 4.69) is 0 Å². The van der Waals surface area contributed by atoms with Gasteiger partial charge in [-0.25, -0.2) is 0 Å². The molecule has 5 nitrogen and oxygen atoms in total. The van der Waals surface area contributed by atoms with Crippen LogP contribution >= 0.6 is 0 Å². The summed E-state index contributed by atoms with van der Waals surface area (Å²) >= 11 is 0. The molecule has 4 rings (SSSR count). The summed E-state index contributed by atoms with van der Waals surface area (Å²) < 4.78 is 11.0. The maximum Gasteiger partial charge on any atom is 0.226 e. The average Bonchev–Trinajstić information content (AvgIpc) is 3.27. The average molecular weight is 339 g/mol. The Hall–Kier alpha value is -2.40. The summed E-state index contributed by atoms with van der Waals surface area (Å²) in [4.78, 5) is 27.3. The second kappa shape index (κ2) is 6.84. The molecule has 0 spiro atoms. The molecule has 2 fully saturated rings. The monoisotopic (exact) mass is 339 g/mol. The van der Waals surface area contributed by atoms with Crippen molar-refractivity contribution >= 4 is 11.7 Å². The van der Waals surface area contributed by atoms with Crippen molar-refractivity contribution in [2.75, 3.05) is 19.8 Å². The van der Waals surface area contributed by atoms with Gasteiger partial charge in [0.25, 0.3) is 0 Å². The highest BCUT2D eigenvalue weighted by Gasteiger charge is 2.49. The summed E-state index contributed by atoms with van der Waals surface area (Å²) in [5.41, 5.74) is 0.681. The van der Waals surface area contributed by atoms with Crippen LogP contribution in [0.1, 0.15) is 34.9 Å². The number of morpholine rings is 1. The molecule has 2 aromatic rings. The number of carbonyl (C=O) groups excluding carboxylic acids is 2. The van der Waals surface area contributed by atoms with E-state index in [1.165, 1.54) is 0 Å². The summed E-state index contributed by atoms with van der Waals surface area (Å²) in [5.74, 6) is 1.20. The molecule has 1 aliphatic heterocycles. The molecular weight excluding hydrogens is 318 g/mol. The highest BCUT2D eigenvalue weighted by molar-refractivity contribution is 5.96. The van der Waals surface area contributed by atoms with Crippen LogP contribution in [-0.2, 0) is 9.53 Å². The van der Waals surface area contributed by atoms with Crippen LogP contribution in [-0.4, -0.2) is 42.4 Å². The molecule has 1 saturated heterocycles. The number of hydrogen-bond donors (Lipinski definition) is 0. The fraction of sp³-hybridized carbons (Fsp3) is 0.400. The minimum Gasteiger partial charge on any atom is -0.469 e. The van der Waals surface area contributed by atoms with Gasteiger partial charge in [0.05, 0.1) is 25.5 Å². The number of benzene rings is 1. The number of amides is 1. The first-order chi connectivity index (χ1) is 12.2. The van der Waals surface area contributed by atoms with Crippen LogP contribution in [0.4, 0.5) is 0 Å². The van der Waals surface area contributed by atoms with E-state index in [0.29, 0.717) is 31.7 Å². The molecule has 0 bridgehead atoms. The second-order valence-electron chi connectivity index (χ2n) is 6.72. The van der Waals surface area contributed by atoms with Crippen molar-refractivity contribution in [2.45, 2.75) is 24.8 Å². The highest BCUT2D eigenvalue weighted by Crippen LogP contribution is 2.49. The molecule has 130 valence electrons. The van der Waals surface area contributed by atoms with Gasteiger partial charge in [0.15, 0.2) is 5.78 Å². The van der Waals surface area contributed by atoms with Gasteiger partial charge in [0, 0.05) is 30.4 Å². The minimum absolute atomic E-state index is 0.0291. The van der Waals surface area contributed by atoms with E-state index in [9.17, 15) is 9.59 Å². The van der Waals surface area contributed by atoms with E-state index in [1.807, 2.05) is 47.4 Å². The van der Waals surface area contributed by atoms with Crippen LogP contribution in [0.15, 0.2) is 53.1 Å². The molecule has 1 aromatic heterocycles. The minimum atomic E-state index is -0.188. The van der Waals surface area contributed by atoms with E-state index in [0.717, 1.165) is 12.2 Å². The van der Waals surface area contributed by atoms with E-state index >= 15 is 0 Å². The van der Waals surface area contributed by atoms with Crippen molar-refractivity contribution in [1.82, 2.24) is 4.90 Å². The fourth-order valence-corrected chi connectivity index (χ4v) is 3.57. The van der Waals surface area contributed by atoms with Crippen LogP contribution in [0.3, 0.4) is 0 Å². The Morgan fingerprint density at radius 1 is 1.12 bits per heavy atom. The van der Waals surface area contributed by atoms with E-state index in [-0.39, 0.29) is 29.6 Å². The summed E-state index contributed by atoms with van der Waals surface area (Å²) in [6.45, 7) is 1.50. The number of ketones is 1. The van der Waals surface area contributed by atoms with Gasteiger partial charge in [-0.1, -0.05) is 30.3 Å². The van der Waals surface area contributed by atoms with Gasteiger partial charge in [0.1, 0.15) is 5.76 Å². The Morgan fingerprint density at radius 2 is 1.96 bits per heavy atom. The van der Waals surface area contributed by atoms with Crippen molar-refractivity contribution in [2.24, 2.45) is 5.92 Å². The molecule has 2 heterocycles. The molecule has 25 heavy (non-hydrogen) atoms. The summed E-state index contributed by atoms with van der Waals surface area (Å²) in [5, 5.41) is 0. The third-order valence-corrected chi connectivity index (χ3v) is 5.04. The Labute approximate surface area is 146 Å². The number of nitrogens with zero attached hydrogens (tertiary/aromatic N) is 1. The van der Waals surface area contributed by atoms with Gasteiger partial charge in [0.2, 0.25) is 5.91 Å². The van der Waals surface area contributed by atoms with Crippen LogP contribution in [0.5, 0.6) is 0 Å². The molecule has 3 atom stereocenters. The molecule has 0 radical (unpaired) electrons. The van der Waals surface area contributed by atoms with Crippen molar-refractivity contribution in [3.63, 3.8) is 0 Å². The Bertz CT molecular complexity index is 740. The number of rotatable bonds is 5. The SMILES string of the molecule is O=C(C[C@@H]1COCCN1C(=O)[C@@H]1C[C@H]1c1ccco1)c1ccccc1. The molecule has 1 aliphatic carbocycles. The Kier molecular flexibility index (Phi) is 4.40. The van der Waals surface area contributed by atoms with Crippen molar-refractivity contribution in [3.05, 3.63) is 60.1 Å². The van der Waals surface area contributed by atoms with Crippen LogP contribution in [0.2, 0.25) is 0 Å². The Morgan fingerprint density at radius 3 is 2.72 bits per heavy atom. The zero-order valence-electron chi connectivity index (χ0n) is 14.0. The lowest BCUT2D eigenvalue weighted by molar-refractivity contribution is -0.141. The Balaban J connectivity index is 1.43. The number of hydrogen-bond acceptors (Lipinski definition) is 4. The molecule has 5 heteroatoms. The normalized spacial score (nSPS) is 25.6. The van der Waals surface area contributed by atoms with Crippen LogP contribution in [0, 0.1) is 5.92 Å². The zero-order valence-corrected chi connectivity index (χ0v) is 14.0. The molecule has 1 amide bonds. The number of ether oxygens (including phenoxy) is 1. The topological polar surface area (TPSA) is 59.8 Å². The maximum absolute atomic E-state index is 12.9. The van der Waals surface area contributed by atoms with Gasteiger partial charge in [-0.2, -0.15) is 0 Å². The van der Waals surface area contributed by atoms with Gasteiger partial charge in [-0.15, -0.1) is 0 Å². The number of furan rings is 1. The molecular formula is C20H21NO4. The molecule has 0 unspecified atom stereocenters. The summed E-state index contributed by atoms with van der Waals surface area (Å²) in [6, 6.07) is 12.8. The standard InChI is InChI=1S/C20H21NO4/c22-18(14-5-2-1-3-6-14)11-15-13-24-10-8-21(15)20(23)17-12-16(17)19-7-4-9-25-19/h1-7,9,15-17H,8,10-13H2/t15-,16-,17-/m1/s1. The second-order valence-corrected chi connectivity index (χ2v) is 6.72. The van der Waals surface area contributed by atoms with Gasteiger partial charge in [-0.3, -0.25) is 9.59 Å². The molecule has 2 aliphatic rings. The van der Waals surface area contributed by atoms with Crippen molar-refractivity contribution in [3.8, 4) is 0 Å². The van der Waals surface area contributed by atoms with Gasteiger partial charge in [-0.05, 0) is 18.6 Å². The van der Waals surface area contributed by atoms with E-state index in [1.54, 1.807) is 6.26 Å². The molecule has 1 aromatic carbocycles. The van der Waals surface area contributed by atoms with Crippen molar-refractivity contribution in [1.29, 1.82) is 0 Å².